The number of piperidine rings is 1. The van der Waals surface area contributed by atoms with Gasteiger partial charge in [-0.15, -0.1) is 0 Å². The fourth-order valence-electron chi connectivity index (χ4n) is 3.16. The van der Waals surface area contributed by atoms with E-state index in [4.69, 9.17) is 4.74 Å². The van der Waals surface area contributed by atoms with Crippen molar-refractivity contribution in [2.45, 2.75) is 25.7 Å². The summed E-state index contributed by atoms with van der Waals surface area (Å²) in [6.07, 6.45) is 5.86. The van der Waals surface area contributed by atoms with Crippen LogP contribution in [0.5, 0.6) is 5.75 Å². The Morgan fingerprint density at radius 1 is 1.07 bits per heavy atom. The lowest BCUT2D eigenvalue weighted by atomic mass is 9.95. The van der Waals surface area contributed by atoms with Crippen LogP contribution in [0.2, 0.25) is 0 Å². The number of carbonyl (C=O) groups is 2. The van der Waals surface area contributed by atoms with Crippen molar-refractivity contribution in [3.05, 3.63) is 54.9 Å². The van der Waals surface area contributed by atoms with Crippen molar-refractivity contribution >= 4 is 17.5 Å². The summed E-state index contributed by atoms with van der Waals surface area (Å²) >= 11 is 0. The smallest absolute Gasteiger partial charge is 0.227 e. The zero-order chi connectivity index (χ0) is 18.9. The maximum absolute atomic E-state index is 12.3. The van der Waals surface area contributed by atoms with Crippen LogP contribution in [0.3, 0.4) is 0 Å². The van der Waals surface area contributed by atoms with Gasteiger partial charge in [-0.1, -0.05) is 18.2 Å². The van der Waals surface area contributed by atoms with Crippen LogP contribution >= 0.6 is 0 Å². The van der Waals surface area contributed by atoms with Gasteiger partial charge < -0.3 is 15.0 Å². The number of nitrogens with one attached hydrogen (secondary N) is 1. The molecule has 6 nitrogen and oxygen atoms in total. The van der Waals surface area contributed by atoms with E-state index in [1.807, 2.05) is 35.2 Å². The highest BCUT2D eigenvalue weighted by Gasteiger charge is 2.27. The second kappa shape index (κ2) is 9.71. The Kier molecular flexibility index (Phi) is 6.79. The highest BCUT2D eigenvalue weighted by atomic mass is 16.5. The molecular weight excluding hydrogens is 342 g/mol. The van der Waals surface area contributed by atoms with E-state index < -0.39 is 0 Å². The topological polar surface area (TPSA) is 71.5 Å². The molecule has 2 heterocycles. The molecule has 6 heteroatoms. The number of nitrogens with zero attached hydrogens (tertiary/aromatic N) is 2. The van der Waals surface area contributed by atoms with Crippen LogP contribution in [0, 0.1) is 5.92 Å². The molecule has 1 aromatic heterocycles. The zero-order valence-corrected chi connectivity index (χ0v) is 15.3. The first-order valence-corrected chi connectivity index (χ1v) is 9.39. The molecule has 1 aliphatic rings. The lowest BCUT2D eigenvalue weighted by Gasteiger charge is -2.31. The summed E-state index contributed by atoms with van der Waals surface area (Å²) < 4.78 is 5.62. The van der Waals surface area contributed by atoms with Gasteiger partial charge in [0.1, 0.15) is 5.75 Å². The number of amides is 2. The average molecular weight is 367 g/mol. The van der Waals surface area contributed by atoms with Crippen molar-refractivity contribution in [2.75, 3.05) is 25.0 Å². The predicted octanol–water partition coefficient (Wildman–Crippen LogP) is 3.12. The monoisotopic (exact) mass is 367 g/mol. The van der Waals surface area contributed by atoms with E-state index in [2.05, 4.69) is 10.3 Å². The van der Waals surface area contributed by atoms with E-state index in [1.54, 1.807) is 24.5 Å². The minimum absolute atomic E-state index is 0.0181. The summed E-state index contributed by atoms with van der Waals surface area (Å²) in [5, 5.41) is 2.91. The number of para-hydroxylation sites is 1. The molecule has 0 aliphatic carbocycles. The van der Waals surface area contributed by atoms with E-state index >= 15 is 0 Å². The summed E-state index contributed by atoms with van der Waals surface area (Å²) in [7, 11) is 0. The molecule has 0 saturated carbocycles. The van der Waals surface area contributed by atoms with Crippen LogP contribution < -0.4 is 10.1 Å². The van der Waals surface area contributed by atoms with Gasteiger partial charge in [-0.25, -0.2) is 0 Å². The third-order valence-electron chi connectivity index (χ3n) is 4.71. The van der Waals surface area contributed by atoms with Gasteiger partial charge in [0, 0.05) is 43.5 Å². The van der Waals surface area contributed by atoms with Crippen molar-refractivity contribution in [3.8, 4) is 5.75 Å². The van der Waals surface area contributed by atoms with Crippen molar-refractivity contribution in [1.29, 1.82) is 0 Å². The Morgan fingerprint density at radius 3 is 2.48 bits per heavy atom. The van der Waals surface area contributed by atoms with Crippen molar-refractivity contribution in [1.82, 2.24) is 9.88 Å². The maximum atomic E-state index is 12.3. The highest BCUT2D eigenvalue weighted by molar-refractivity contribution is 5.92. The van der Waals surface area contributed by atoms with Gasteiger partial charge in [-0.3, -0.25) is 14.6 Å². The first kappa shape index (κ1) is 18.9. The molecule has 27 heavy (non-hydrogen) atoms. The molecule has 142 valence electrons. The zero-order valence-electron chi connectivity index (χ0n) is 15.3. The molecule has 1 saturated heterocycles. The number of hydrogen-bond acceptors (Lipinski definition) is 4. The van der Waals surface area contributed by atoms with Crippen LogP contribution in [-0.4, -0.2) is 41.4 Å². The SMILES string of the molecule is O=C(Nc1ccncc1)C1CCN(C(=O)CCCOc2ccccc2)CC1. The Balaban J connectivity index is 1.34. The van der Waals surface area contributed by atoms with E-state index in [9.17, 15) is 9.59 Å². The van der Waals surface area contributed by atoms with Crippen LogP contribution in [0.1, 0.15) is 25.7 Å². The Bertz CT molecular complexity index is 729. The van der Waals surface area contributed by atoms with E-state index in [-0.39, 0.29) is 17.7 Å². The molecule has 0 unspecified atom stereocenters. The predicted molar refractivity (Wildman–Crippen MR) is 103 cm³/mol. The van der Waals surface area contributed by atoms with Gasteiger partial charge >= 0.3 is 0 Å². The summed E-state index contributed by atoms with van der Waals surface area (Å²) in [5.74, 6) is 0.929. The molecule has 0 radical (unpaired) electrons. The van der Waals surface area contributed by atoms with Crippen molar-refractivity contribution in [2.24, 2.45) is 5.92 Å². The second-order valence-electron chi connectivity index (χ2n) is 6.65. The van der Waals surface area contributed by atoms with Crippen LogP contribution in [0.15, 0.2) is 54.9 Å². The van der Waals surface area contributed by atoms with Crippen LogP contribution in [0.25, 0.3) is 0 Å². The van der Waals surface area contributed by atoms with Crippen molar-refractivity contribution < 1.29 is 14.3 Å². The highest BCUT2D eigenvalue weighted by Crippen LogP contribution is 2.20. The molecule has 1 N–H and O–H groups in total. The minimum atomic E-state index is -0.0522. The number of likely N-dealkylation sites (tertiary alicyclic amines) is 1. The molecule has 1 aliphatic heterocycles. The normalized spacial score (nSPS) is 14.6. The number of benzene rings is 1. The van der Waals surface area contributed by atoms with E-state index in [1.165, 1.54) is 0 Å². The number of rotatable bonds is 7. The summed E-state index contributed by atoms with van der Waals surface area (Å²) in [4.78, 5) is 30.5. The number of aromatic nitrogens is 1. The Morgan fingerprint density at radius 2 is 1.78 bits per heavy atom. The molecule has 0 atom stereocenters. The van der Waals surface area contributed by atoms with E-state index in [0.717, 1.165) is 11.4 Å². The van der Waals surface area contributed by atoms with Crippen LogP contribution in [0.4, 0.5) is 5.69 Å². The number of pyridine rings is 1. The summed E-state index contributed by atoms with van der Waals surface area (Å²) in [5.41, 5.74) is 0.756. The molecule has 0 bridgehead atoms. The fourth-order valence-corrected chi connectivity index (χ4v) is 3.16. The number of ether oxygens (including phenoxy) is 1. The summed E-state index contributed by atoms with van der Waals surface area (Å²) in [6.45, 7) is 1.79. The Hall–Kier alpha value is -2.89. The first-order valence-electron chi connectivity index (χ1n) is 9.39. The number of hydrogen-bond donors (Lipinski definition) is 1. The van der Waals surface area contributed by atoms with Gasteiger partial charge in [0.2, 0.25) is 11.8 Å². The quantitative estimate of drug-likeness (QED) is 0.763. The molecular formula is C21H25N3O3. The standard InChI is InChI=1S/C21H25N3O3/c25-20(7-4-16-27-19-5-2-1-3-6-19)24-14-10-17(11-15-24)21(26)23-18-8-12-22-13-9-18/h1-3,5-6,8-9,12-13,17H,4,7,10-11,14-16H2,(H,22,23,26). The second-order valence-corrected chi connectivity index (χ2v) is 6.65. The fraction of sp³-hybridized carbons (Fsp3) is 0.381. The summed E-state index contributed by atoms with van der Waals surface area (Å²) in [6, 6.07) is 13.2. The van der Waals surface area contributed by atoms with Gasteiger partial charge in [-0.2, -0.15) is 0 Å². The molecule has 1 fully saturated rings. The molecule has 2 aromatic rings. The van der Waals surface area contributed by atoms with Gasteiger partial charge in [-0.05, 0) is 43.5 Å². The lowest BCUT2D eigenvalue weighted by Crippen LogP contribution is -2.41. The maximum Gasteiger partial charge on any atom is 0.227 e. The third-order valence-corrected chi connectivity index (χ3v) is 4.71. The van der Waals surface area contributed by atoms with Gasteiger partial charge in [0.15, 0.2) is 0 Å². The van der Waals surface area contributed by atoms with Gasteiger partial charge in [0.05, 0.1) is 6.61 Å². The Labute approximate surface area is 159 Å². The van der Waals surface area contributed by atoms with Crippen LogP contribution in [-0.2, 0) is 9.59 Å². The molecule has 1 aromatic carbocycles. The largest absolute Gasteiger partial charge is 0.494 e. The number of anilines is 1. The first-order chi connectivity index (χ1) is 13.2. The third kappa shape index (κ3) is 5.81. The number of carbonyl (C=O) groups excluding carboxylic acids is 2. The average Bonchev–Trinajstić information content (AvgIpc) is 2.72. The van der Waals surface area contributed by atoms with E-state index in [0.29, 0.717) is 45.4 Å². The molecule has 3 rings (SSSR count). The lowest BCUT2D eigenvalue weighted by molar-refractivity contribution is -0.134. The minimum Gasteiger partial charge on any atom is -0.494 e. The van der Waals surface area contributed by atoms with Crippen molar-refractivity contribution in [3.63, 3.8) is 0 Å². The molecule has 2 amide bonds. The van der Waals surface area contributed by atoms with Gasteiger partial charge in [0.25, 0.3) is 0 Å². The molecule has 0 spiro atoms.